The average molecular weight is 503 g/mol. The number of nitrogens with one attached hydrogen (secondary N) is 1. The number of carbonyl (C=O) groups is 1. The van der Waals surface area contributed by atoms with Crippen LogP contribution in [0.1, 0.15) is 5.56 Å². The normalized spacial score (nSPS) is 11.5. The molecule has 0 aliphatic rings. The minimum Gasteiger partial charge on any atom is -0.271 e. The topological polar surface area (TPSA) is 78.8 Å². The van der Waals surface area contributed by atoms with Gasteiger partial charge in [-0.2, -0.15) is 5.10 Å². The predicted molar refractivity (Wildman–Crippen MR) is 115 cm³/mol. The molecule has 9 heteroatoms. The van der Waals surface area contributed by atoms with Gasteiger partial charge in [-0.1, -0.05) is 12.1 Å². The minimum absolute atomic E-state index is 0.345. The molecular weight excluding hydrogens is 485 g/mol. The van der Waals surface area contributed by atoms with E-state index in [4.69, 9.17) is 0 Å². The van der Waals surface area contributed by atoms with Crippen LogP contribution < -0.4 is 9.73 Å². The Labute approximate surface area is 171 Å². The molecule has 0 saturated heterocycles. The van der Waals surface area contributed by atoms with E-state index in [1.54, 1.807) is 36.0 Å². The smallest absolute Gasteiger partial charge is 0.260 e. The summed E-state index contributed by atoms with van der Waals surface area (Å²) in [6.07, 6.45) is 4.57. The van der Waals surface area contributed by atoms with E-state index in [-0.39, 0.29) is 6.54 Å². The number of sulfonamides is 1. The van der Waals surface area contributed by atoms with Crippen molar-refractivity contribution in [2.24, 2.45) is 5.10 Å². The summed E-state index contributed by atoms with van der Waals surface area (Å²) in [5.41, 5.74) is 3.63. The Morgan fingerprint density at radius 1 is 1.19 bits per heavy atom. The van der Waals surface area contributed by atoms with Crippen LogP contribution in [0.25, 0.3) is 0 Å². The van der Waals surface area contributed by atoms with Gasteiger partial charge in [0.2, 0.25) is 10.0 Å². The number of thioether (sulfide) groups is 1. The third-order valence-corrected chi connectivity index (χ3v) is 5.92. The fourth-order valence-corrected chi connectivity index (χ4v) is 3.67. The minimum atomic E-state index is -3.59. The number of hydrogen-bond donors (Lipinski definition) is 1. The summed E-state index contributed by atoms with van der Waals surface area (Å²) < 4.78 is 26.0. The molecule has 0 radical (unpaired) electrons. The Bertz CT molecular complexity index is 882. The molecule has 0 aromatic heterocycles. The zero-order valence-corrected chi connectivity index (χ0v) is 18.0. The summed E-state index contributed by atoms with van der Waals surface area (Å²) in [4.78, 5) is 13.2. The van der Waals surface area contributed by atoms with Gasteiger partial charge in [-0.05, 0) is 70.8 Å². The van der Waals surface area contributed by atoms with Crippen molar-refractivity contribution in [1.29, 1.82) is 0 Å². The number of hydrazone groups is 1. The molecular formula is C17H18IN3O3S2. The first kappa shape index (κ1) is 20.7. The number of nitrogens with zero attached hydrogens (tertiary/aromatic N) is 2. The van der Waals surface area contributed by atoms with Gasteiger partial charge in [0.1, 0.15) is 6.54 Å². The summed E-state index contributed by atoms with van der Waals surface area (Å²) in [5.74, 6) is -0.522. The average Bonchev–Trinajstić information content (AvgIpc) is 2.60. The van der Waals surface area contributed by atoms with Crippen molar-refractivity contribution in [2.75, 3.05) is 23.4 Å². The largest absolute Gasteiger partial charge is 0.271 e. The predicted octanol–water partition coefficient (Wildman–Crippen LogP) is 2.93. The van der Waals surface area contributed by atoms with E-state index in [0.717, 1.165) is 24.6 Å². The lowest BCUT2D eigenvalue weighted by molar-refractivity contribution is -0.119. The van der Waals surface area contributed by atoms with Crippen LogP contribution >= 0.6 is 34.4 Å². The second-order valence-electron chi connectivity index (χ2n) is 5.31. The molecule has 138 valence electrons. The lowest BCUT2D eigenvalue weighted by Crippen LogP contribution is -2.39. The molecule has 0 fully saturated rings. The Hall–Kier alpha value is -1.59. The van der Waals surface area contributed by atoms with E-state index in [0.29, 0.717) is 5.69 Å². The van der Waals surface area contributed by atoms with Crippen molar-refractivity contribution in [3.63, 3.8) is 0 Å². The molecule has 2 aromatic rings. The molecule has 1 amide bonds. The van der Waals surface area contributed by atoms with Crippen molar-refractivity contribution < 1.29 is 13.2 Å². The van der Waals surface area contributed by atoms with Crippen LogP contribution in [0, 0.1) is 3.57 Å². The Morgan fingerprint density at radius 2 is 1.81 bits per heavy atom. The first-order valence-electron chi connectivity index (χ1n) is 7.49. The van der Waals surface area contributed by atoms with Gasteiger partial charge < -0.3 is 0 Å². The number of halogens is 1. The van der Waals surface area contributed by atoms with E-state index in [2.05, 4.69) is 33.1 Å². The third kappa shape index (κ3) is 6.29. The maximum Gasteiger partial charge on any atom is 0.260 e. The van der Waals surface area contributed by atoms with Crippen LogP contribution in [0.15, 0.2) is 58.5 Å². The van der Waals surface area contributed by atoms with Crippen LogP contribution in [0.4, 0.5) is 5.69 Å². The van der Waals surface area contributed by atoms with Crippen LogP contribution in [0.5, 0.6) is 0 Å². The van der Waals surface area contributed by atoms with Crippen LogP contribution in [0.3, 0.4) is 0 Å². The van der Waals surface area contributed by atoms with Gasteiger partial charge in [-0.3, -0.25) is 9.10 Å². The highest BCUT2D eigenvalue weighted by Crippen LogP contribution is 2.19. The van der Waals surface area contributed by atoms with E-state index >= 15 is 0 Å². The fraction of sp³-hybridized carbons (Fsp3) is 0.176. The van der Waals surface area contributed by atoms with Gasteiger partial charge in [0.05, 0.1) is 18.2 Å². The number of rotatable bonds is 7. The fourth-order valence-electron chi connectivity index (χ4n) is 2.04. The second kappa shape index (κ2) is 9.38. The highest BCUT2D eigenvalue weighted by molar-refractivity contribution is 14.1. The zero-order valence-electron chi connectivity index (χ0n) is 14.2. The van der Waals surface area contributed by atoms with Crippen molar-refractivity contribution in [3.05, 3.63) is 57.7 Å². The number of anilines is 1. The van der Waals surface area contributed by atoms with E-state index < -0.39 is 15.9 Å². The summed E-state index contributed by atoms with van der Waals surface area (Å²) in [6, 6.07) is 14.6. The highest BCUT2D eigenvalue weighted by Gasteiger charge is 2.20. The summed E-state index contributed by atoms with van der Waals surface area (Å²) >= 11 is 3.76. The zero-order chi connectivity index (χ0) is 19.2. The first-order chi connectivity index (χ1) is 12.3. The lowest BCUT2D eigenvalue weighted by atomic mass is 10.2. The monoisotopic (exact) mass is 503 g/mol. The molecule has 2 rings (SSSR count). The summed E-state index contributed by atoms with van der Waals surface area (Å²) in [7, 11) is -3.59. The lowest BCUT2D eigenvalue weighted by Gasteiger charge is -2.21. The standard InChI is InChI=1S/C17H18IN3O3S2/c1-25-16-9-3-13(4-10-16)11-19-20-17(22)12-21(26(2,23)24)15-7-5-14(18)6-8-15/h3-11H,12H2,1-2H3,(H,20,22)/b19-11-. The number of benzene rings is 2. The number of amides is 1. The van der Waals surface area contributed by atoms with E-state index in [9.17, 15) is 13.2 Å². The molecule has 26 heavy (non-hydrogen) atoms. The Kier molecular flexibility index (Phi) is 7.47. The summed E-state index contributed by atoms with van der Waals surface area (Å²) in [5, 5.41) is 3.89. The van der Waals surface area contributed by atoms with Gasteiger partial charge in [-0.25, -0.2) is 13.8 Å². The van der Waals surface area contributed by atoms with E-state index in [1.165, 1.54) is 6.21 Å². The molecule has 0 saturated carbocycles. The quantitative estimate of drug-likeness (QED) is 0.273. The van der Waals surface area contributed by atoms with Gasteiger partial charge >= 0.3 is 0 Å². The molecule has 0 bridgehead atoms. The maximum absolute atomic E-state index is 12.1. The second-order valence-corrected chi connectivity index (χ2v) is 9.34. The molecule has 0 atom stereocenters. The maximum atomic E-state index is 12.1. The molecule has 0 spiro atoms. The van der Waals surface area contributed by atoms with E-state index in [1.807, 2.05) is 30.5 Å². The van der Waals surface area contributed by atoms with Gasteiger partial charge in [-0.15, -0.1) is 11.8 Å². The molecule has 0 heterocycles. The van der Waals surface area contributed by atoms with Gasteiger partial charge in [0, 0.05) is 8.47 Å². The molecule has 1 N–H and O–H groups in total. The molecule has 0 unspecified atom stereocenters. The van der Waals surface area contributed by atoms with Gasteiger partial charge in [0.25, 0.3) is 5.91 Å². The van der Waals surface area contributed by atoms with Crippen molar-refractivity contribution in [2.45, 2.75) is 4.90 Å². The third-order valence-electron chi connectivity index (χ3n) is 3.32. The van der Waals surface area contributed by atoms with Crippen LogP contribution in [0.2, 0.25) is 0 Å². The van der Waals surface area contributed by atoms with Crippen molar-refractivity contribution in [3.8, 4) is 0 Å². The molecule has 0 aliphatic heterocycles. The van der Waals surface area contributed by atoms with Crippen molar-refractivity contribution >= 4 is 62.2 Å². The van der Waals surface area contributed by atoms with Crippen LogP contribution in [-0.2, 0) is 14.8 Å². The highest BCUT2D eigenvalue weighted by atomic mass is 127. The molecule has 6 nitrogen and oxygen atoms in total. The number of hydrogen-bond acceptors (Lipinski definition) is 5. The van der Waals surface area contributed by atoms with Gasteiger partial charge in [0.15, 0.2) is 0 Å². The summed E-state index contributed by atoms with van der Waals surface area (Å²) in [6.45, 7) is -0.345. The van der Waals surface area contributed by atoms with Crippen LogP contribution in [-0.4, -0.2) is 39.6 Å². The SMILES string of the molecule is CSc1ccc(/C=N\NC(=O)CN(c2ccc(I)cc2)S(C)(=O)=O)cc1. The Balaban J connectivity index is 2.02. The number of carbonyl (C=O) groups excluding carboxylic acids is 1. The molecule has 2 aromatic carbocycles. The first-order valence-corrected chi connectivity index (χ1v) is 11.6. The Morgan fingerprint density at radius 3 is 2.35 bits per heavy atom. The molecule has 0 aliphatic carbocycles. The van der Waals surface area contributed by atoms with Crippen molar-refractivity contribution in [1.82, 2.24) is 5.43 Å².